The van der Waals surface area contributed by atoms with E-state index in [1.165, 1.54) is 30.9 Å². The summed E-state index contributed by atoms with van der Waals surface area (Å²) < 4.78 is 18.2. The van der Waals surface area contributed by atoms with E-state index in [9.17, 15) is 19.7 Å². The van der Waals surface area contributed by atoms with Crippen LogP contribution in [0.4, 0.5) is 5.69 Å². The van der Waals surface area contributed by atoms with Gasteiger partial charge in [0.1, 0.15) is 23.3 Å². The van der Waals surface area contributed by atoms with E-state index in [-0.39, 0.29) is 11.3 Å². The fourth-order valence-corrected chi connectivity index (χ4v) is 5.58. The van der Waals surface area contributed by atoms with Crippen molar-refractivity contribution in [1.29, 1.82) is 0 Å². The molecule has 1 aliphatic heterocycles. The number of furan rings is 1. The summed E-state index contributed by atoms with van der Waals surface area (Å²) in [5.74, 6) is 0.689. The minimum absolute atomic E-state index is 0.0286. The molecule has 12 heteroatoms. The first-order valence-electron chi connectivity index (χ1n) is 11.5. The van der Waals surface area contributed by atoms with E-state index in [1.54, 1.807) is 55.5 Å². The average Bonchev–Trinajstić information content (AvgIpc) is 3.51. The Balaban J connectivity index is 1.64. The molecular formula is C27H20ClN3O7S. The van der Waals surface area contributed by atoms with E-state index in [0.29, 0.717) is 48.5 Å². The molecule has 2 aromatic heterocycles. The lowest BCUT2D eigenvalue weighted by Crippen LogP contribution is -2.40. The van der Waals surface area contributed by atoms with Crippen molar-refractivity contribution >= 4 is 40.7 Å². The van der Waals surface area contributed by atoms with Crippen molar-refractivity contribution in [1.82, 2.24) is 4.57 Å². The van der Waals surface area contributed by atoms with E-state index in [0.717, 1.165) is 11.3 Å². The number of carbonyl (C=O) groups excluding carboxylic acids is 1. The number of fused-ring (bicyclic) bond motifs is 1. The molecule has 0 unspecified atom stereocenters. The third-order valence-electron chi connectivity index (χ3n) is 6.18. The van der Waals surface area contributed by atoms with Gasteiger partial charge in [0.15, 0.2) is 4.80 Å². The summed E-state index contributed by atoms with van der Waals surface area (Å²) in [5, 5.41) is 11.3. The predicted molar refractivity (Wildman–Crippen MR) is 145 cm³/mol. The SMILES string of the molecule is COC(=O)C1=C(C)N=c2s/c(=C\c3ccc(-c4ccc([N+](=O)[O-])cc4)o3)c(=O)n2[C@@H]1c1cc(Cl)ccc1OC. The van der Waals surface area contributed by atoms with Crippen LogP contribution in [0.25, 0.3) is 17.4 Å². The van der Waals surface area contributed by atoms with Gasteiger partial charge in [-0.3, -0.25) is 19.5 Å². The number of allylic oxidation sites excluding steroid dienone is 1. The lowest BCUT2D eigenvalue weighted by molar-refractivity contribution is -0.384. The van der Waals surface area contributed by atoms with Crippen molar-refractivity contribution in [3.63, 3.8) is 0 Å². The molecule has 0 saturated carbocycles. The monoisotopic (exact) mass is 565 g/mol. The molecule has 5 rings (SSSR count). The third-order valence-corrected chi connectivity index (χ3v) is 7.39. The van der Waals surface area contributed by atoms with Gasteiger partial charge in [0.05, 0.1) is 34.9 Å². The van der Waals surface area contributed by atoms with Gasteiger partial charge in [-0.15, -0.1) is 0 Å². The second-order valence-electron chi connectivity index (χ2n) is 8.47. The molecule has 198 valence electrons. The normalized spacial score (nSPS) is 15.1. The lowest BCUT2D eigenvalue weighted by atomic mass is 9.95. The number of hydrogen-bond donors (Lipinski definition) is 0. The van der Waals surface area contributed by atoms with Crippen LogP contribution in [0.1, 0.15) is 24.3 Å². The fraction of sp³-hybridized carbons (Fsp3) is 0.148. The van der Waals surface area contributed by atoms with Crippen molar-refractivity contribution in [2.75, 3.05) is 14.2 Å². The van der Waals surface area contributed by atoms with Crippen molar-refractivity contribution < 1.29 is 23.6 Å². The number of carbonyl (C=O) groups is 1. The van der Waals surface area contributed by atoms with E-state index in [4.69, 9.17) is 25.5 Å². The number of aromatic nitrogens is 1. The number of esters is 1. The van der Waals surface area contributed by atoms with Crippen LogP contribution in [-0.2, 0) is 9.53 Å². The Bertz CT molecular complexity index is 1830. The van der Waals surface area contributed by atoms with Gasteiger partial charge in [0.25, 0.3) is 11.2 Å². The summed E-state index contributed by atoms with van der Waals surface area (Å²) in [5.41, 5.74) is 1.32. The van der Waals surface area contributed by atoms with Crippen LogP contribution in [-0.4, -0.2) is 29.7 Å². The largest absolute Gasteiger partial charge is 0.496 e. The molecule has 39 heavy (non-hydrogen) atoms. The van der Waals surface area contributed by atoms with Crippen molar-refractivity contribution in [3.05, 3.63) is 112 Å². The van der Waals surface area contributed by atoms with Crippen molar-refractivity contribution in [2.45, 2.75) is 13.0 Å². The second-order valence-corrected chi connectivity index (χ2v) is 9.91. The van der Waals surface area contributed by atoms with Crippen LogP contribution >= 0.6 is 22.9 Å². The van der Waals surface area contributed by atoms with E-state index >= 15 is 0 Å². The number of rotatable bonds is 6. The zero-order chi connectivity index (χ0) is 27.8. The first-order valence-corrected chi connectivity index (χ1v) is 12.7. The van der Waals surface area contributed by atoms with Gasteiger partial charge in [0.2, 0.25) is 0 Å². The maximum atomic E-state index is 13.8. The first-order chi connectivity index (χ1) is 18.7. The van der Waals surface area contributed by atoms with Gasteiger partial charge >= 0.3 is 5.97 Å². The Morgan fingerprint density at radius 3 is 2.59 bits per heavy atom. The molecule has 1 aliphatic rings. The Labute approximate surface area is 229 Å². The molecule has 0 saturated heterocycles. The summed E-state index contributed by atoms with van der Waals surface area (Å²) in [6, 6.07) is 13.4. The maximum absolute atomic E-state index is 13.8. The number of halogens is 1. The fourth-order valence-electron chi connectivity index (χ4n) is 4.37. The summed E-state index contributed by atoms with van der Waals surface area (Å²) in [4.78, 5) is 42.0. The smallest absolute Gasteiger partial charge is 0.338 e. The maximum Gasteiger partial charge on any atom is 0.338 e. The minimum Gasteiger partial charge on any atom is -0.496 e. The van der Waals surface area contributed by atoms with Gasteiger partial charge in [-0.25, -0.2) is 9.79 Å². The highest BCUT2D eigenvalue weighted by Gasteiger charge is 2.35. The highest BCUT2D eigenvalue weighted by molar-refractivity contribution is 7.07. The van der Waals surface area contributed by atoms with Crippen LogP contribution in [0, 0.1) is 10.1 Å². The number of thiazole rings is 1. The van der Waals surface area contributed by atoms with E-state index in [1.807, 2.05) is 0 Å². The summed E-state index contributed by atoms with van der Waals surface area (Å²) in [6.07, 6.45) is 1.59. The number of hydrogen-bond acceptors (Lipinski definition) is 9. The standard InChI is InChI=1S/C27H20ClN3O7S/c1-14-23(26(33)37-3)24(19-12-16(28)6-10-21(19)36-2)30-25(32)22(39-27(30)29-14)13-18-9-11-20(38-18)15-4-7-17(8-5-15)31(34)35/h4-13,24H,1-3H3/b22-13-/t24-/m1/s1. The molecule has 2 aromatic carbocycles. The minimum atomic E-state index is -0.892. The Morgan fingerprint density at radius 1 is 1.18 bits per heavy atom. The van der Waals surface area contributed by atoms with Gasteiger partial charge in [-0.2, -0.15) is 0 Å². The van der Waals surface area contributed by atoms with Crippen LogP contribution in [0.3, 0.4) is 0 Å². The summed E-state index contributed by atoms with van der Waals surface area (Å²) >= 11 is 7.44. The van der Waals surface area contributed by atoms with Crippen LogP contribution in [0.15, 0.2) is 80.1 Å². The number of nitrogens with zero attached hydrogens (tertiary/aromatic N) is 3. The van der Waals surface area contributed by atoms with E-state index in [2.05, 4.69) is 4.99 Å². The Kier molecular flexibility index (Phi) is 6.94. The zero-order valence-electron chi connectivity index (χ0n) is 20.8. The summed E-state index contributed by atoms with van der Waals surface area (Å²) in [7, 11) is 2.75. The van der Waals surface area contributed by atoms with Gasteiger partial charge in [-0.05, 0) is 49.4 Å². The molecule has 4 aromatic rings. The number of methoxy groups -OCH3 is 2. The molecular weight excluding hydrogens is 546 g/mol. The van der Waals surface area contributed by atoms with Crippen LogP contribution < -0.4 is 19.6 Å². The molecule has 0 aliphatic carbocycles. The first kappa shape index (κ1) is 26.1. The zero-order valence-corrected chi connectivity index (χ0v) is 22.4. The number of benzene rings is 2. The predicted octanol–water partition coefficient (Wildman–Crippen LogP) is 4.24. The van der Waals surface area contributed by atoms with Gasteiger partial charge in [0, 0.05) is 34.4 Å². The van der Waals surface area contributed by atoms with Crippen LogP contribution in [0.2, 0.25) is 5.02 Å². The number of non-ortho nitro benzene ring substituents is 1. The highest BCUT2D eigenvalue weighted by Crippen LogP contribution is 2.37. The molecule has 3 heterocycles. The molecule has 0 bridgehead atoms. The average molecular weight is 566 g/mol. The highest BCUT2D eigenvalue weighted by atomic mass is 35.5. The number of nitro groups is 1. The lowest BCUT2D eigenvalue weighted by Gasteiger charge is -2.25. The Hall–Kier alpha value is -4.48. The molecule has 0 N–H and O–H groups in total. The van der Waals surface area contributed by atoms with Crippen LogP contribution in [0.5, 0.6) is 5.75 Å². The molecule has 1 atom stereocenters. The van der Waals surface area contributed by atoms with Crippen molar-refractivity contribution in [3.8, 4) is 17.1 Å². The van der Waals surface area contributed by atoms with Gasteiger partial charge in [-0.1, -0.05) is 22.9 Å². The quantitative estimate of drug-likeness (QED) is 0.194. The molecule has 0 radical (unpaired) electrons. The molecule has 0 amide bonds. The number of ether oxygens (including phenoxy) is 2. The molecule has 0 fully saturated rings. The molecule has 0 spiro atoms. The van der Waals surface area contributed by atoms with E-state index < -0.39 is 22.5 Å². The number of nitro benzene ring substituents is 1. The summed E-state index contributed by atoms with van der Waals surface area (Å²) in [6.45, 7) is 1.68. The topological polar surface area (TPSA) is 126 Å². The Morgan fingerprint density at radius 2 is 1.92 bits per heavy atom. The van der Waals surface area contributed by atoms with Gasteiger partial charge < -0.3 is 13.9 Å². The third kappa shape index (κ3) is 4.77. The van der Waals surface area contributed by atoms with Crippen molar-refractivity contribution in [2.24, 2.45) is 4.99 Å². The second kappa shape index (κ2) is 10.4. The molecule has 10 nitrogen and oxygen atoms in total.